The first kappa shape index (κ1) is 15.0. The third-order valence-corrected chi connectivity index (χ3v) is 4.12. The second-order valence-corrected chi connectivity index (χ2v) is 5.79. The number of carboxylic acid groups (broad SMARTS) is 1. The predicted molar refractivity (Wildman–Crippen MR) is 80.8 cm³/mol. The van der Waals surface area contributed by atoms with Crippen LogP contribution in [0, 0.1) is 0 Å². The van der Waals surface area contributed by atoms with E-state index in [1.807, 2.05) is 30.3 Å². The molecule has 1 aliphatic carbocycles. The summed E-state index contributed by atoms with van der Waals surface area (Å²) in [6, 6.07) is 9.77. The van der Waals surface area contributed by atoms with E-state index < -0.39 is 12.0 Å². The quantitative estimate of drug-likeness (QED) is 0.866. The highest BCUT2D eigenvalue weighted by Crippen LogP contribution is 2.18. The van der Waals surface area contributed by atoms with E-state index in [-0.39, 0.29) is 0 Å². The van der Waals surface area contributed by atoms with Crippen LogP contribution in [0.25, 0.3) is 0 Å². The molecule has 0 radical (unpaired) electrons. The molecule has 20 heavy (non-hydrogen) atoms. The van der Waals surface area contributed by atoms with Crippen molar-refractivity contribution < 1.29 is 9.90 Å². The van der Waals surface area contributed by atoms with Gasteiger partial charge in [0.15, 0.2) is 0 Å². The molecule has 2 N–H and O–H groups in total. The van der Waals surface area contributed by atoms with Crippen LogP contribution in [-0.4, -0.2) is 23.2 Å². The summed E-state index contributed by atoms with van der Waals surface area (Å²) < 4.78 is 0. The molecule has 3 heteroatoms. The van der Waals surface area contributed by atoms with Crippen LogP contribution >= 0.6 is 0 Å². The fraction of sp³-hybridized carbons (Fsp3) is 0.588. The third kappa shape index (κ3) is 4.97. The molecule has 0 heterocycles. The summed E-state index contributed by atoms with van der Waals surface area (Å²) in [5.41, 5.74) is 1.08. The molecule has 2 rings (SSSR count). The van der Waals surface area contributed by atoms with Crippen molar-refractivity contribution >= 4 is 5.97 Å². The first-order chi connectivity index (χ1) is 9.75. The standard InChI is InChI=1S/C17H25NO2/c19-17(20)16(13-14-9-5-4-6-10-14)18-15-11-7-2-1-3-8-12-15/h4-6,9-10,15-16,18H,1-3,7-8,11-13H2,(H,19,20)/t16-/m1/s1. The van der Waals surface area contributed by atoms with E-state index >= 15 is 0 Å². The normalized spacial score (nSPS) is 19.0. The van der Waals surface area contributed by atoms with Gasteiger partial charge >= 0.3 is 5.97 Å². The molecule has 1 aliphatic rings. The number of hydrogen-bond donors (Lipinski definition) is 2. The van der Waals surface area contributed by atoms with Crippen LogP contribution in [0.2, 0.25) is 0 Å². The lowest BCUT2D eigenvalue weighted by Crippen LogP contribution is -2.45. The number of carboxylic acids is 1. The van der Waals surface area contributed by atoms with Crippen LogP contribution in [0.15, 0.2) is 30.3 Å². The average molecular weight is 275 g/mol. The Morgan fingerprint density at radius 3 is 2.30 bits per heavy atom. The summed E-state index contributed by atoms with van der Waals surface area (Å²) in [5, 5.41) is 12.8. The fourth-order valence-corrected chi connectivity index (χ4v) is 2.97. The van der Waals surface area contributed by atoms with Crippen molar-refractivity contribution in [2.45, 2.75) is 63.5 Å². The first-order valence-corrected chi connectivity index (χ1v) is 7.78. The molecular formula is C17H25NO2. The van der Waals surface area contributed by atoms with Crippen LogP contribution in [0.4, 0.5) is 0 Å². The Labute approximate surface area is 121 Å². The van der Waals surface area contributed by atoms with Gasteiger partial charge in [-0.1, -0.05) is 62.4 Å². The maximum atomic E-state index is 11.5. The molecule has 1 saturated carbocycles. The van der Waals surface area contributed by atoms with Gasteiger partial charge in [0.1, 0.15) is 6.04 Å². The summed E-state index contributed by atoms with van der Waals surface area (Å²) in [4.78, 5) is 11.5. The lowest BCUT2D eigenvalue weighted by molar-refractivity contribution is -0.139. The van der Waals surface area contributed by atoms with Crippen molar-refractivity contribution in [1.82, 2.24) is 5.32 Å². The first-order valence-electron chi connectivity index (χ1n) is 7.78. The highest BCUT2D eigenvalue weighted by Gasteiger charge is 2.22. The van der Waals surface area contributed by atoms with Crippen LogP contribution in [0.3, 0.4) is 0 Å². The monoisotopic (exact) mass is 275 g/mol. The average Bonchev–Trinajstić information content (AvgIpc) is 2.41. The Bertz CT molecular complexity index is 397. The van der Waals surface area contributed by atoms with E-state index in [4.69, 9.17) is 0 Å². The second-order valence-electron chi connectivity index (χ2n) is 5.79. The van der Waals surface area contributed by atoms with Gasteiger partial charge in [-0.05, 0) is 24.8 Å². The molecule has 0 aromatic heterocycles. The molecule has 0 aliphatic heterocycles. The summed E-state index contributed by atoms with van der Waals surface area (Å²) in [5.74, 6) is -0.740. The van der Waals surface area contributed by atoms with Crippen molar-refractivity contribution in [3.8, 4) is 0 Å². The predicted octanol–water partition coefficient (Wildman–Crippen LogP) is 3.38. The molecule has 0 saturated heterocycles. The van der Waals surface area contributed by atoms with Gasteiger partial charge in [0.25, 0.3) is 0 Å². The number of nitrogens with one attached hydrogen (secondary N) is 1. The van der Waals surface area contributed by atoms with Crippen LogP contribution < -0.4 is 5.32 Å². The van der Waals surface area contributed by atoms with E-state index in [0.717, 1.165) is 18.4 Å². The highest BCUT2D eigenvalue weighted by molar-refractivity contribution is 5.74. The zero-order valence-corrected chi connectivity index (χ0v) is 12.1. The van der Waals surface area contributed by atoms with E-state index in [2.05, 4.69) is 5.32 Å². The van der Waals surface area contributed by atoms with Crippen molar-refractivity contribution in [3.05, 3.63) is 35.9 Å². The highest BCUT2D eigenvalue weighted by atomic mass is 16.4. The lowest BCUT2D eigenvalue weighted by atomic mass is 9.95. The van der Waals surface area contributed by atoms with Gasteiger partial charge in [0.05, 0.1) is 0 Å². The van der Waals surface area contributed by atoms with Gasteiger partial charge in [-0.15, -0.1) is 0 Å². The van der Waals surface area contributed by atoms with Crippen molar-refractivity contribution in [2.75, 3.05) is 0 Å². The Morgan fingerprint density at radius 1 is 1.10 bits per heavy atom. The van der Waals surface area contributed by atoms with Gasteiger partial charge in [-0.2, -0.15) is 0 Å². The van der Waals surface area contributed by atoms with Gasteiger partial charge in [-0.3, -0.25) is 4.79 Å². The topological polar surface area (TPSA) is 49.3 Å². The molecule has 1 atom stereocenters. The minimum atomic E-state index is -0.740. The number of rotatable bonds is 5. The molecule has 0 amide bonds. The van der Waals surface area contributed by atoms with Gasteiger partial charge < -0.3 is 10.4 Å². The molecule has 1 fully saturated rings. The number of benzene rings is 1. The molecule has 1 aromatic rings. The summed E-state index contributed by atoms with van der Waals surface area (Å²) >= 11 is 0. The smallest absolute Gasteiger partial charge is 0.321 e. The molecule has 0 bridgehead atoms. The molecule has 3 nitrogen and oxygen atoms in total. The van der Waals surface area contributed by atoms with Gasteiger partial charge in [0.2, 0.25) is 0 Å². The van der Waals surface area contributed by atoms with E-state index in [1.165, 1.54) is 32.1 Å². The minimum absolute atomic E-state index is 0.361. The number of carbonyl (C=O) groups is 1. The van der Waals surface area contributed by atoms with Gasteiger partial charge in [0, 0.05) is 6.04 Å². The molecule has 0 unspecified atom stereocenters. The summed E-state index contributed by atoms with van der Waals surface area (Å²) in [7, 11) is 0. The van der Waals surface area contributed by atoms with Crippen molar-refractivity contribution in [2.24, 2.45) is 0 Å². The molecule has 110 valence electrons. The van der Waals surface area contributed by atoms with E-state index in [0.29, 0.717) is 12.5 Å². The molecular weight excluding hydrogens is 250 g/mol. The van der Waals surface area contributed by atoms with E-state index in [1.54, 1.807) is 0 Å². The van der Waals surface area contributed by atoms with Crippen LogP contribution in [0.5, 0.6) is 0 Å². The van der Waals surface area contributed by atoms with Gasteiger partial charge in [-0.25, -0.2) is 0 Å². The second kappa shape index (κ2) is 8.05. The maximum Gasteiger partial charge on any atom is 0.321 e. The maximum absolute atomic E-state index is 11.5. The zero-order chi connectivity index (χ0) is 14.2. The SMILES string of the molecule is O=C(O)[C@@H](Cc1ccccc1)NC1CCCCCCC1. The fourth-order valence-electron chi connectivity index (χ4n) is 2.97. The molecule has 1 aromatic carbocycles. The van der Waals surface area contributed by atoms with Crippen molar-refractivity contribution in [3.63, 3.8) is 0 Å². The summed E-state index contributed by atoms with van der Waals surface area (Å²) in [6.07, 6.45) is 9.12. The Balaban J connectivity index is 1.92. The van der Waals surface area contributed by atoms with Crippen molar-refractivity contribution in [1.29, 1.82) is 0 Å². The zero-order valence-electron chi connectivity index (χ0n) is 12.1. The summed E-state index contributed by atoms with van der Waals surface area (Å²) in [6.45, 7) is 0. The Hall–Kier alpha value is -1.35. The third-order valence-electron chi connectivity index (χ3n) is 4.12. The number of hydrogen-bond acceptors (Lipinski definition) is 2. The van der Waals surface area contributed by atoms with Crippen LogP contribution in [-0.2, 0) is 11.2 Å². The van der Waals surface area contributed by atoms with Crippen LogP contribution in [0.1, 0.15) is 50.5 Å². The number of aliphatic carboxylic acids is 1. The Kier molecular flexibility index (Phi) is 6.06. The van der Waals surface area contributed by atoms with E-state index in [9.17, 15) is 9.90 Å². The lowest BCUT2D eigenvalue weighted by Gasteiger charge is -2.25. The molecule has 0 spiro atoms. The largest absolute Gasteiger partial charge is 0.480 e. The Morgan fingerprint density at radius 2 is 1.70 bits per heavy atom. The minimum Gasteiger partial charge on any atom is -0.480 e.